The number of aromatic nitrogens is 3. The van der Waals surface area contributed by atoms with Crippen LogP contribution in [-0.4, -0.2) is 49.6 Å². The zero-order valence-corrected chi connectivity index (χ0v) is 22.9. The number of cyclic esters (lactones) is 1. The molecule has 1 fully saturated rings. The van der Waals surface area contributed by atoms with Crippen LogP contribution in [0.5, 0.6) is 0 Å². The quantitative estimate of drug-likeness (QED) is 0.323. The lowest BCUT2D eigenvalue weighted by molar-refractivity contribution is -0.133. The molecule has 202 valence electrons. The molecule has 4 aromatic rings. The largest absolute Gasteiger partial charge is 0.447 e. The minimum atomic E-state index is -0.681. The maximum absolute atomic E-state index is 14.1. The van der Waals surface area contributed by atoms with Crippen LogP contribution in [0.1, 0.15) is 47.6 Å². The van der Waals surface area contributed by atoms with Crippen molar-refractivity contribution in [2.24, 2.45) is 5.92 Å². The second kappa shape index (κ2) is 11.2. The molecule has 0 aliphatic carbocycles. The normalized spacial score (nSPS) is 16.9. The number of nitrogens with zero attached hydrogens (tertiary/aromatic N) is 4. The van der Waals surface area contributed by atoms with Gasteiger partial charge < -0.3 is 9.84 Å². The lowest BCUT2D eigenvalue weighted by atomic mass is 9.79. The van der Waals surface area contributed by atoms with Gasteiger partial charge in [0.1, 0.15) is 12.1 Å². The summed E-state index contributed by atoms with van der Waals surface area (Å²) in [6.45, 7) is 6.35. The van der Waals surface area contributed by atoms with E-state index in [1.165, 1.54) is 4.90 Å². The van der Waals surface area contributed by atoms with Crippen molar-refractivity contribution in [1.82, 2.24) is 19.9 Å². The van der Waals surface area contributed by atoms with E-state index in [1.807, 2.05) is 74.5 Å². The SMILES string of the molecule is CCn1nnc2c(Cl)c([C@H](c3ccc(C)c(CO)c3)[C@@H](C)C(=O)N3C(=O)OCC3Cc3ccccc3)ccc21. The fourth-order valence-electron chi connectivity index (χ4n) is 5.42. The van der Waals surface area contributed by atoms with E-state index in [4.69, 9.17) is 16.3 Å². The van der Waals surface area contributed by atoms with Crippen LogP contribution in [0.4, 0.5) is 4.79 Å². The fourth-order valence-corrected chi connectivity index (χ4v) is 5.73. The molecule has 0 spiro atoms. The third-order valence-electron chi connectivity index (χ3n) is 7.59. The third kappa shape index (κ3) is 5.02. The number of carbonyl (C=O) groups excluding carboxylic acids is 2. The van der Waals surface area contributed by atoms with Gasteiger partial charge in [-0.05, 0) is 54.2 Å². The highest BCUT2D eigenvalue weighted by molar-refractivity contribution is 6.35. The van der Waals surface area contributed by atoms with Gasteiger partial charge in [-0.15, -0.1) is 5.10 Å². The van der Waals surface area contributed by atoms with E-state index in [0.29, 0.717) is 29.1 Å². The van der Waals surface area contributed by atoms with Crippen LogP contribution in [0.3, 0.4) is 0 Å². The van der Waals surface area contributed by atoms with Crippen molar-refractivity contribution >= 4 is 34.6 Å². The molecule has 39 heavy (non-hydrogen) atoms. The number of benzene rings is 3. The maximum atomic E-state index is 14.1. The van der Waals surface area contributed by atoms with E-state index in [9.17, 15) is 14.7 Å². The van der Waals surface area contributed by atoms with Crippen LogP contribution in [0, 0.1) is 12.8 Å². The maximum Gasteiger partial charge on any atom is 0.416 e. The molecule has 1 aliphatic heterocycles. The van der Waals surface area contributed by atoms with E-state index >= 15 is 0 Å². The van der Waals surface area contributed by atoms with Gasteiger partial charge in [0, 0.05) is 18.4 Å². The molecule has 0 radical (unpaired) electrons. The average molecular weight is 547 g/mol. The fraction of sp³-hybridized carbons (Fsp3) is 0.333. The van der Waals surface area contributed by atoms with Gasteiger partial charge in [-0.2, -0.15) is 0 Å². The number of aliphatic hydroxyl groups excluding tert-OH is 1. The number of ether oxygens (including phenoxy) is 1. The third-order valence-corrected chi connectivity index (χ3v) is 7.99. The number of hydrogen-bond donors (Lipinski definition) is 1. The standard InChI is InChI=1S/C30H31ClN4O4/c1-4-34-25-13-12-24(27(31)28(25)32-33-34)26(21-11-10-18(2)22(15-21)16-36)19(3)29(37)35-23(17-39-30(35)38)14-20-8-6-5-7-9-20/h5-13,15,19,23,26,36H,4,14,16-17H2,1-3H3/t19-,23?,26+/m1/s1. The van der Waals surface area contributed by atoms with Crippen molar-refractivity contribution in [2.75, 3.05) is 6.61 Å². The number of imide groups is 1. The number of hydrogen-bond acceptors (Lipinski definition) is 6. The van der Waals surface area contributed by atoms with Crippen LogP contribution in [0.25, 0.3) is 11.0 Å². The minimum Gasteiger partial charge on any atom is -0.447 e. The highest BCUT2D eigenvalue weighted by atomic mass is 35.5. The topological polar surface area (TPSA) is 97.5 Å². The Hall–Kier alpha value is -3.75. The predicted octanol–water partition coefficient (Wildman–Crippen LogP) is 5.26. The van der Waals surface area contributed by atoms with Gasteiger partial charge >= 0.3 is 6.09 Å². The first-order valence-corrected chi connectivity index (χ1v) is 13.5. The van der Waals surface area contributed by atoms with Crippen molar-refractivity contribution < 1.29 is 19.4 Å². The molecule has 1 saturated heterocycles. The lowest BCUT2D eigenvalue weighted by Crippen LogP contribution is -2.44. The summed E-state index contributed by atoms with van der Waals surface area (Å²) in [5.74, 6) is -1.54. The summed E-state index contributed by atoms with van der Waals surface area (Å²) in [4.78, 5) is 28.2. The summed E-state index contributed by atoms with van der Waals surface area (Å²) >= 11 is 6.95. The molecular formula is C30H31ClN4O4. The Morgan fingerprint density at radius 1 is 1.18 bits per heavy atom. The van der Waals surface area contributed by atoms with Gasteiger partial charge in [0.05, 0.1) is 23.2 Å². The Kier molecular flexibility index (Phi) is 7.68. The predicted molar refractivity (Wildman–Crippen MR) is 148 cm³/mol. The number of carbonyl (C=O) groups is 2. The Morgan fingerprint density at radius 3 is 2.67 bits per heavy atom. The van der Waals surface area contributed by atoms with E-state index in [0.717, 1.165) is 27.8 Å². The first-order valence-electron chi connectivity index (χ1n) is 13.1. The monoisotopic (exact) mass is 546 g/mol. The Morgan fingerprint density at radius 2 is 1.95 bits per heavy atom. The van der Waals surface area contributed by atoms with Gasteiger partial charge in [-0.25, -0.2) is 14.4 Å². The summed E-state index contributed by atoms with van der Waals surface area (Å²) < 4.78 is 7.11. The molecule has 3 aromatic carbocycles. The molecule has 1 aliphatic rings. The lowest BCUT2D eigenvalue weighted by Gasteiger charge is -2.30. The number of aryl methyl sites for hydroxylation is 2. The zero-order chi connectivity index (χ0) is 27.7. The number of rotatable bonds is 8. The molecule has 1 unspecified atom stereocenters. The van der Waals surface area contributed by atoms with Gasteiger partial charge in [0.15, 0.2) is 0 Å². The number of halogens is 1. The number of amides is 2. The van der Waals surface area contributed by atoms with E-state index in [1.54, 1.807) is 11.6 Å². The van der Waals surface area contributed by atoms with Crippen LogP contribution in [-0.2, 0) is 29.1 Å². The van der Waals surface area contributed by atoms with Crippen molar-refractivity contribution in [2.45, 2.75) is 52.3 Å². The summed E-state index contributed by atoms with van der Waals surface area (Å²) in [7, 11) is 0. The molecule has 1 N–H and O–H groups in total. The summed E-state index contributed by atoms with van der Waals surface area (Å²) in [5, 5.41) is 18.9. The summed E-state index contributed by atoms with van der Waals surface area (Å²) in [5.41, 5.74) is 5.58. The molecule has 1 aromatic heterocycles. The van der Waals surface area contributed by atoms with Crippen LogP contribution < -0.4 is 0 Å². The second-order valence-electron chi connectivity index (χ2n) is 9.98. The molecule has 9 heteroatoms. The zero-order valence-electron chi connectivity index (χ0n) is 22.2. The molecule has 0 bridgehead atoms. The van der Waals surface area contributed by atoms with Crippen molar-refractivity contribution in [3.8, 4) is 0 Å². The van der Waals surface area contributed by atoms with Crippen LogP contribution in [0.15, 0.2) is 60.7 Å². The summed E-state index contributed by atoms with van der Waals surface area (Å²) in [6.07, 6.45) is -0.138. The average Bonchev–Trinajstić information content (AvgIpc) is 3.54. The molecule has 5 rings (SSSR count). The van der Waals surface area contributed by atoms with E-state index < -0.39 is 24.0 Å². The first kappa shape index (κ1) is 26.8. The highest BCUT2D eigenvalue weighted by Gasteiger charge is 2.42. The smallest absolute Gasteiger partial charge is 0.416 e. The molecule has 8 nitrogen and oxygen atoms in total. The Labute approximate surface area is 232 Å². The number of fused-ring (bicyclic) bond motifs is 1. The van der Waals surface area contributed by atoms with Crippen molar-refractivity contribution in [3.63, 3.8) is 0 Å². The first-order chi connectivity index (χ1) is 18.8. The summed E-state index contributed by atoms with van der Waals surface area (Å²) in [6, 6.07) is 18.9. The Bertz CT molecular complexity index is 1520. The minimum absolute atomic E-state index is 0.135. The molecule has 2 amide bonds. The Balaban J connectivity index is 1.57. The number of aliphatic hydroxyl groups is 1. The van der Waals surface area contributed by atoms with Gasteiger partial charge in [0.25, 0.3) is 0 Å². The molecule has 2 heterocycles. The van der Waals surface area contributed by atoms with E-state index in [-0.39, 0.29) is 19.1 Å². The second-order valence-corrected chi connectivity index (χ2v) is 10.4. The van der Waals surface area contributed by atoms with Gasteiger partial charge in [-0.3, -0.25) is 4.79 Å². The van der Waals surface area contributed by atoms with Crippen molar-refractivity contribution in [1.29, 1.82) is 0 Å². The van der Waals surface area contributed by atoms with Crippen molar-refractivity contribution in [3.05, 3.63) is 93.5 Å². The molecule has 0 saturated carbocycles. The molecule has 3 atom stereocenters. The van der Waals surface area contributed by atoms with Crippen LogP contribution in [0.2, 0.25) is 5.02 Å². The molecular weight excluding hydrogens is 516 g/mol. The van der Waals surface area contributed by atoms with Crippen LogP contribution >= 0.6 is 11.6 Å². The highest BCUT2D eigenvalue weighted by Crippen LogP contribution is 2.41. The van der Waals surface area contributed by atoms with Gasteiger partial charge in [-0.1, -0.05) is 78.3 Å². The van der Waals surface area contributed by atoms with E-state index in [2.05, 4.69) is 10.3 Å². The van der Waals surface area contributed by atoms with Gasteiger partial charge in [0.2, 0.25) is 5.91 Å².